The first-order chi connectivity index (χ1) is 9.78. The lowest BCUT2D eigenvalue weighted by molar-refractivity contribution is 0.111. The SMILES string of the molecule is O=Cc1cc(-c2ccncc2)n(-c2ccc(F)cc2)n1. The van der Waals surface area contributed by atoms with Crippen LogP contribution in [0.15, 0.2) is 54.9 Å². The van der Waals surface area contributed by atoms with Gasteiger partial charge in [-0.2, -0.15) is 5.10 Å². The van der Waals surface area contributed by atoms with Gasteiger partial charge in [-0.25, -0.2) is 9.07 Å². The Hall–Kier alpha value is -2.82. The number of rotatable bonds is 3. The van der Waals surface area contributed by atoms with Crippen LogP contribution in [0.3, 0.4) is 0 Å². The Kier molecular flexibility index (Phi) is 3.09. The molecule has 3 aromatic rings. The molecule has 0 aliphatic rings. The minimum Gasteiger partial charge on any atom is -0.296 e. The van der Waals surface area contributed by atoms with E-state index in [0.717, 1.165) is 11.3 Å². The van der Waals surface area contributed by atoms with Gasteiger partial charge in [-0.15, -0.1) is 0 Å². The van der Waals surface area contributed by atoms with Gasteiger partial charge >= 0.3 is 0 Å². The first-order valence-corrected chi connectivity index (χ1v) is 5.99. The number of aldehydes is 1. The van der Waals surface area contributed by atoms with Crippen molar-refractivity contribution in [3.05, 3.63) is 66.4 Å². The molecule has 2 aromatic heterocycles. The number of aromatic nitrogens is 3. The van der Waals surface area contributed by atoms with Crippen LogP contribution in [0.5, 0.6) is 0 Å². The van der Waals surface area contributed by atoms with Gasteiger partial charge in [0.25, 0.3) is 0 Å². The van der Waals surface area contributed by atoms with Gasteiger partial charge in [-0.05, 0) is 42.5 Å². The van der Waals surface area contributed by atoms with Gasteiger partial charge in [0, 0.05) is 18.0 Å². The molecule has 0 atom stereocenters. The molecule has 0 saturated carbocycles. The first kappa shape index (κ1) is 12.2. The lowest BCUT2D eigenvalue weighted by Gasteiger charge is -2.07. The minimum absolute atomic E-state index is 0.318. The second-order valence-electron chi connectivity index (χ2n) is 4.20. The topological polar surface area (TPSA) is 47.8 Å². The maximum absolute atomic E-state index is 13.0. The summed E-state index contributed by atoms with van der Waals surface area (Å²) in [5.74, 6) is -0.318. The Balaban J connectivity index is 2.17. The molecule has 1 aromatic carbocycles. The molecule has 4 nitrogen and oxygen atoms in total. The molecule has 0 aliphatic heterocycles. The van der Waals surface area contributed by atoms with Crippen LogP contribution in [0.4, 0.5) is 4.39 Å². The molecule has 0 amide bonds. The monoisotopic (exact) mass is 267 g/mol. The number of carbonyl (C=O) groups excluding carboxylic acids is 1. The van der Waals surface area contributed by atoms with Crippen molar-refractivity contribution in [1.29, 1.82) is 0 Å². The fourth-order valence-electron chi connectivity index (χ4n) is 1.96. The zero-order valence-electron chi connectivity index (χ0n) is 10.4. The standard InChI is InChI=1S/C15H10FN3O/c16-12-1-3-14(4-2-12)19-15(9-13(10-20)18-19)11-5-7-17-8-6-11/h1-10H. The third-order valence-corrected chi connectivity index (χ3v) is 2.90. The number of nitrogens with zero attached hydrogens (tertiary/aromatic N) is 3. The molecule has 0 unspecified atom stereocenters. The molecular weight excluding hydrogens is 257 g/mol. The average molecular weight is 267 g/mol. The van der Waals surface area contributed by atoms with Crippen LogP contribution in [0.2, 0.25) is 0 Å². The van der Waals surface area contributed by atoms with Crippen molar-refractivity contribution in [2.24, 2.45) is 0 Å². The number of hydrogen-bond donors (Lipinski definition) is 0. The predicted molar refractivity (Wildman–Crippen MR) is 72.1 cm³/mol. The van der Waals surface area contributed by atoms with Crippen LogP contribution in [0, 0.1) is 5.82 Å². The third kappa shape index (κ3) is 2.21. The van der Waals surface area contributed by atoms with Gasteiger partial charge in [0.15, 0.2) is 6.29 Å². The van der Waals surface area contributed by atoms with E-state index in [1.165, 1.54) is 12.1 Å². The number of benzene rings is 1. The summed E-state index contributed by atoms with van der Waals surface area (Å²) in [6.07, 6.45) is 4.01. The van der Waals surface area contributed by atoms with E-state index in [1.807, 2.05) is 12.1 Å². The number of hydrogen-bond acceptors (Lipinski definition) is 3. The quantitative estimate of drug-likeness (QED) is 0.685. The molecule has 0 aliphatic carbocycles. The van der Waals surface area contributed by atoms with E-state index in [2.05, 4.69) is 10.1 Å². The largest absolute Gasteiger partial charge is 0.296 e. The molecule has 3 rings (SSSR count). The summed E-state index contributed by atoms with van der Waals surface area (Å²) in [5, 5.41) is 4.21. The van der Waals surface area contributed by atoms with Crippen molar-refractivity contribution in [2.75, 3.05) is 0 Å². The maximum Gasteiger partial charge on any atom is 0.170 e. The summed E-state index contributed by atoms with van der Waals surface area (Å²) < 4.78 is 14.6. The van der Waals surface area contributed by atoms with Gasteiger partial charge < -0.3 is 0 Å². The number of halogens is 1. The smallest absolute Gasteiger partial charge is 0.170 e. The molecule has 98 valence electrons. The van der Waals surface area contributed by atoms with E-state index in [1.54, 1.807) is 35.3 Å². The minimum atomic E-state index is -0.318. The van der Waals surface area contributed by atoms with Gasteiger partial charge in [0.2, 0.25) is 0 Å². The Morgan fingerprint density at radius 1 is 1.05 bits per heavy atom. The molecule has 20 heavy (non-hydrogen) atoms. The third-order valence-electron chi connectivity index (χ3n) is 2.90. The van der Waals surface area contributed by atoms with Gasteiger partial charge in [-0.1, -0.05) is 0 Å². The van der Waals surface area contributed by atoms with E-state index < -0.39 is 0 Å². The fourth-order valence-corrected chi connectivity index (χ4v) is 1.96. The zero-order valence-corrected chi connectivity index (χ0v) is 10.4. The summed E-state index contributed by atoms with van der Waals surface area (Å²) in [7, 11) is 0. The molecule has 0 radical (unpaired) electrons. The highest BCUT2D eigenvalue weighted by molar-refractivity contribution is 5.76. The Morgan fingerprint density at radius 2 is 1.75 bits per heavy atom. The summed E-state index contributed by atoms with van der Waals surface area (Å²) in [4.78, 5) is 14.9. The Bertz CT molecular complexity index is 736. The van der Waals surface area contributed by atoms with Crippen molar-refractivity contribution in [3.8, 4) is 16.9 Å². The van der Waals surface area contributed by atoms with Crippen LogP contribution in [0.1, 0.15) is 10.5 Å². The zero-order chi connectivity index (χ0) is 13.9. The van der Waals surface area contributed by atoms with Crippen molar-refractivity contribution in [3.63, 3.8) is 0 Å². The molecule has 0 saturated heterocycles. The normalized spacial score (nSPS) is 10.4. The maximum atomic E-state index is 13.0. The lowest BCUT2D eigenvalue weighted by Crippen LogP contribution is -1.99. The highest BCUT2D eigenvalue weighted by atomic mass is 19.1. The summed E-state index contributed by atoms with van der Waals surface area (Å²) in [5.41, 5.74) is 2.64. The molecule has 5 heteroatoms. The van der Waals surface area contributed by atoms with E-state index >= 15 is 0 Å². The fraction of sp³-hybridized carbons (Fsp3) is 0. The number of carbonyl (C=O) groups is 1. The van der Waals surface area contributed by atoms with E-state index in [-0.39, 0.29) is 5.82 Å². The van der Waals surface area contributed by atoms with Gasteiger partial charge in [-0.3, -0.25) is 9.78 Å². The highest BCUT2D eigenvalue weighted by Gasteiger charge is 2.11. The van der Waals surface area contributed by atoms with Crippen LogP contribution >= 0.6 is 0 Å². The average Bonchev–Trinajstić information content (AvgIpc) is 2.93. The molecule has 0 bridgehead atoms. The molecular formula is C15H10FN3O. The number of pyridine rings is 1. The molecule has 0 N–H and O–H groups in total. The van der Waals surface area contributed by atoms with Crippen LogP contribution in [0.25, 0.3) is 16.9 Å². The van der Waals surface area contributed by atoms with Crippen molar-refractivity contribution in [2.45, 2.75) is 0 Å². The van der Waals surface area contributed by atoms with Crippen molar-refractivity contribution in [1.82, 2.24) is 14.8 Å². The second kappa shape index (κ2) is 5.05. The summed E-state index contributed by atoms with van der Waals surface area (Å²) in [6, 6.07) is 11.3. The molecule has 0 spiro atoms. The predicted octanol–water partition coefficient (Wildman–Crippen LogP) is 2.89. The lowest BCUT2D eigenvalue weighted by atomic mass is 10.2. The summed E-state index contributed by atoms with van der Waals surface area (Å²) >= 11 is 0. The van der Waals surface area contributed by atoms with E-state index in [0.29, 0.717) is 17.7 Å². The Labute approximate surface area is 114 Å². The second-order valence-corrected chi connectivity index (χ2v) is 4.20. The van der Waals surface area contributed by atoms with Crippen LogP contribution in [-0.2, 0) is 0 Å². The molecule has 2 heterocycles. The van der Waals surface area contributed by atoms with Gasteiger partial charge in [0.05, 0.1) is 11.4 Å². The molecule has 0 fully saturated rings. The van der Waals surface area contributed by atoms with Crippen molar-refractivity contribution < 1.29 is 9.18 Å². The van der Waals surface area contributed by atoms with E-state index in [4.69, 9.17) is 0 Å². The summed E-state index contributed by atoms with van der Waals surface area (Å²) in [6.45, 7) is 0. The van der Waals surface area contributed by atoms with E-state index in [9.17, 15) is 9.18 Å². The van der Waals surface area contributed by atoms with Crippen LogP contribution < -0.4 is 0 Å². The Morgan fingerprint density at radius 3 is 2.40 bits per heavy atom. The van der Waals surface area contributed by atoms with Crippen molar-refractivity contribution >= 4 is 6.29 Å². The van der Waals surface area contributed by atoms with Crippen LogP contribution in [-0.4, -0.2) is 21.1 Å². The van der Waals surface area contributed by atoms with Gasteiger partial charge in [0.1, 0.15) is 11.5 Å². The first-order valence-electron chi connectivity index (χ1n) is 5.99. The highest BCUT2D eigenvalue weighted by Crippen LogP contribution is 2.23.